The number of hydrogen-bond acceptors (Lipinski definition) is 5. The third-order valence-electron chi connectivity index (χ3n) is 6.33. The first-order valence-corrected chi connectivity index (χ1v) is 11.0. The van der Waals surface area contributed by atoms with E-state index in [0.29, 0.717) is 12.5 Å². The summed E-state index contributed by atoms with van der Waals surface area (Å²) in [5.41, 5.74) is 12.3. The van der Waals surface area contributed by atoms with E-state index in [4.69, 9.17) is 9.47 Å². The number of nitrogens with one attached hydrogen (secondary N) is 2. The average molecular weight is 416 g/mol. The lowest BCUT2D eigenvalue weighted by Crippen LogP contribution is -2.39. The van der Waals surface area contributed by atoms with Crippen molar-refractivity contribution >= 4 is 5.69 Å². The first-order valence-electron chi connectivity index (χ1n) is 11.0. The summed E-state index contributed by atoms with van der Waals surface area (Å²) in [7, 11) is 1.72. The lowest BCUT2D eigenvalue weighted by atomic mass is 9.82. The molecule has 0 aromatic heterocycles. The summed E-state index contributed by atoms with van der Waals surface area (Å²) in [6.45, 7) is 4.49. The number of hydrogen-bond donors (Lipinski definition) is 2. The minimum absolute atomic E-state index is 0.238. The molecule has 2 N–H and O–H groups in total. The van der Waals surface area contributed by atoms with Crippen LogP contribution in [0.2, 0.25) is 0 Å². The smallest absolute Gasteiger partial charge is 0.119 e. The number of nitrogens with zero attached hydrogens (tertiary/aromatic N) is 1. The summed E-state index contributed by atoms with van der Waals surface area (Å²) >= 11 is 0. The van der Waals surface area contributed by atoms with Crippen molar-refractivity contribution in [3.8, 4) is 11.5 Å². The van der Waals surface area contributed by atoms with Gasteiger partial charge >= 0.3 is 0 Å². The van der Waals surface area contributed by atoms with Gasteiger partial charge in [0.25, 0.3) is 0 Å². The van der Waals surface area contributed by atoms with Crippen LogP contribution >= 0.6 is 0 Å². The van der Waals surface area contributed by atoms with Crippen LogP contribution in [0.4, 0.5) is 5.69 Å². The van der Waals surface area contributed by atoms with E-state index in [-0.39, 0.29) is 12.1 Å². The first kappa shape index (κ1) is 19.9. The molecule has 3 aromatic rings. The van der Waals surface area contributed by atoms with Gasteiger partial charge in [-0.1, -0.05) is 42.5 Å². The summed E-state index contributed by atoms with van der Waals surface area (Å²) in [5, 5.41) is 0. The topological polar surface area (TPSA) is 45.8 Å². The second kappa shape index (κ2) is 8.61. The zero-order valence-electron chi connectivity index (χ0n) is 18.0. The number of hydrazine groups is 1. The van der Waals surface area contributed by atoms with E-state index in [1.165, 1.54) is 22.4 Å². The fourth-order valence-electron chi connectivity index (χ4n) is 4.92. The second-order valence-electron chi connectivity index (χ2n) is 8.20. The molecule has 1 saturated heterocycles. The molecule has 3 aromatic carbocycles. The molecule has 2 heterocycles. The SMILES string of the molecule is CCOc1ccc2c(c1)C1NNC(c3ccccc3)C1CN2Cc1cccc(OC)c1. The monoisotopic (exact) mass is 415 g/mol. The van der Waals surface area contributed by atoms with E-state index in [9.17, 15) is 0 Å². The van der Waals surface area contributed by atoms with Crippen molar-refractivity contribution in [2.75, 3.05) is 25.2 Å². The molecule has 160 valence electrons. The molecular formula is C26H29N3O2. The van der Waals surface area contributed by atoms with Crippen molar-refractivity contribution in [3.05, 3.63) is 89.5 Å². The van der Waals surface area contributed by atoms with Gasteiger partial charge in [0.05, 0.1) is 25.8 Å². The number of rotatable bonds is 6. The summed E-state index contributed by atoms with van der Waals surface area (Å²) < 4.78 is 11.3. The molecule has 0 radical (unpaired) electrons. The number of fused-ring (bicyclic) bond motifs is 3. The van der Waals surface area contributed by atoms with Crippen LogP contribution in [0.5, 0.6) is 11.5 Å². The van der Waals surface area contributed by atoms with Crippen LogP contribution in [0.15, 0.2) is 72.8 Å². The Kier molecular flexibility index (Phi) is 5.53. The van der Waals surface area contributed by atoms with Gasteiger partial charge in [-0.05, 0) is 53.9 Å². The first-order chi connectivity index (χ1) is 15.3. The number of anilines is 1. The highest BCUT2D eigenvalue weighted by molar-refractivity contribution is 5.61. The molecule has 0 bridgehead atoms. The third-order valence-corrected chi connectivity index (χ3v) is 6.33. The lowest BCUT2D eigenvalue weighted by Gasteiger charge is -2.39. The quantitative estimate of drug-likeness (QED) is 0.615. The van der Waals surface area contributed by atoms with Crippen LogP contribution in [-0.2, 0) is 6.54 Å². The molecule has 0 aliphatic carbocycles. The third kappa shape index (κ3) is 3.87. The van der Waals surface area contributed by atoms with Crippen molar-refractivity contribution in [3.63, 3.8) is 0 Å². The van der Waals surface area contributed by atoms with E-state index >= 15 is 0 Å². The van der Waals surface area contributed by atoms with Gasteiger partial charge in [-0.25, -0.2) is 10.9 Å². The molecule has 5 rings (SSSR count). The molecule has 5 nitrogen and oxygen atoms in total. The van der Waals surface area contributed by atoms with Crippen LogP contribution in [0.3, 0.4) is 0 Å². The fourth-order valence-corrected chi connectivity index (χ4v) is 4.92. The van der Waals surface area contributed by atoms with Crippen molar-refractivity contribution in [1.29, 1.82) is 0 Å². The highest BCUT2D eigenvalue weighted by atomic mass is 16.5. The molecule has 5 heteroatoms. The van der Waals surface area contributed by atoms with E-state index in [2.05, 4.69) is 82.5 Å². The van der Waals surface area contributed by atoms with Gasteiger partial charge in [-0.2, -0.15) is 0 Å². The molecule has 0 amide bonds. The van der Waals surface area contributed by atoms with Gasteiger partial charge in [0, 0.05) is 24.7 Å². The number of ether oxygens (including phenoxy) is 2. The average Bonchev–Trinajstić information content (AvgIpc) is 3.24. The van der Waals surface area contributed by atoms with Crippen molar-refractivity contribution in [2.24, 2.45) is 5.92 Å². The molecule has 31 heavy (non-hydrogen) atoms. The normalized spacial score (nSPS) is 22.0. The minimum Gasteiger partial charge on any atom is -0.497 e. The van der Waals surface area contributed by atoms with Crippen molar-refractivity contribution in [2.45, 2.75) is 25.6 Å². The Morgan fingerprint density at radius 2 is 1.74 bits per heavy atom. The van der Waals surface area contributed by atoms with E-state index in [0.717, 1.165) is 24.6 Å². The van der Waals surface area contributed by atoms with Gasteiger partial charge in [-0.15, -0.1) is 0 Å². The zero-order valence-corrected chi connectivity index (χ0v) is 18.0. The Morgan fingerprint density at radius 3 is 2.55 bits per heavy atom. The number of methoxy groups -OCH3 is 1. The largest absolute Gasteiger partial charge is 0.497 e. The Hall–Kier alpha value is -3.02. The van der Waals surface area contributed by atoms with Gasteiger partial charge < -0.3 is 14.4 Å². The maximum absolute atomic E-state index is 5.83. The van der Waals surface area contributed by atoms with Crippen LogP contribution in [-0.4, -0.2) is 20.3 Å². The van der Waals surface area contributed by atoms with Gasteiger partial charge in [-0.3, -0.25) is 0 Å². The summed E-state index contributed by atoms with van der Waals surface area (Å²) in [6, 6.07) is 26.0. The zero-order chi connectivity index (χ0) is 21.2. The Morgan fingerprint density at radius 1 is 0.903 bits per heavy atom. The highest BCUT2D eigenvalue weighted by Crippen LogP contribution is 2.46. The molecule has 0 saturated carbocycles. The standard InChI is InChI=1S/C26H29N3O2/c1-3-31-21-12-13-24-22(15-21)26-23(25(27-28-26)19-9-5-4-6-10-19)17-29(24)16-18-8-7-11-20(14-18)30-2/h4-15,23,25-28H,3,16-17H2,1-2H3. The predicted octanol–water partition coefficient (Wildman–Crippen LogP) is 4.62. The van der Waals surface area contributed by atoms with E-state index < -0.39 is 0 Å². The molecule has 2 aliphatic heterocycles. The minimum atomic E-state index is 0.238. The lowest BCUT2D eigenvalue weighted by molar-refractivity contribution is 0.337. The summed E-state index contributed by atoms with van der Waals surface area (Å²) in [4.78, 5) is 2.49. The van der Waals surface area contributed by atoms with Gasteiger partial charge in [0.15, 0.2) is 0 Å². The van der Waals surface area contributed by atoms with Gasteiger partial charge in [0.1, 0.15) is 11.5 Å². The van der Waals surface area contributed by atoms with Crippen molar-refractivity contribution < 1.29 is 9.47 Å². The van der Waals surface area contributed by atoms with Crippen LogP contribution in [0, 0.1) is 5.92 Å². The van der Waals surface area contributed by atoms with Crippen molar-refractivity contribution in [1.82, 2.24) is 10.9 Å². The summed E-state index contributed by atoms with van der Waals surface area (Å²) in [5.74, 6) is 2.22. The van der Waals surface area contributed by atoms with E-state index in [1.807, 2.05) is 13.0 Å². The Labute approximate surface area is 184 Å². The number of benzene rings is 3. The van der Waals surface area contributed by atoms with E-state index in [1.54, 1.807) is 7.11 Å². The Bertz CT molecular complexity index is 1040. The maximum Gasteiger partial charge on any atom is 0.119 e. The van der Waals surface area contributed by atoms with Crippen LogP contribution in [0.25, 0.3) is 0 Å². The molecule has 3 unspecified atom stereocenters. The Balaban J connectivity index is 1.51. The second-order valence-corrected chi connectivity index (χ2v) is 8.20. The fraction of sp³-hybridized carbons (Fsp3) is 0.308. The molecule has 0 spiro atoms. The summed E-state index contributed by atoms with van der Waals surface area (Å²) in [6.07, 6.45) is 0. The van der Waals surface area contributed by atoms with Crippen LogP contribution < -0.4 is 25.2 Å². The highest BCUT2D eigenvalue weighted by Gasteiger charge is 2.43. The van der Waals surface area contributed by atoms with Gasteiger partial charge in [0.2, 0.25) is 0 Å². The van der Waals surface area contributed by atoms with Crippen LogP contribution in [0.1, 0.15) is 35.7 Å². The molecular weight excluding hydrogens is 386 g/mol. The molecule has 1 fully saturated rings. The predicted molar refractivity (Wildman–Crippen MR) is 123 cm³/mol. The molecule has 2 aliphatic rings. The maximum atomic E-state index is 5.83. The molecule has 3 atom stereocenters.